The SMILES string of the molecule is CN(C)c1ccc(CNC(=O)C(Cl)Cl)cc1. The number of amides is 1. The second-order valence-electron chi connectivity index (χ2n) is 3.58. The molecule has 0 aromatic heterocycles. The van der Waals surface area contributed by atoms with Gasteiger partial charge in [-0.15, -0.1) is 0 Å². The van der Waals surface area contributed by atoms with Crippen molar-refractivity contribution in [1.29, 1.82) is 0 Å². The van der Waals surface area contributed by atoms with Crippen LogP contribution in [0.15, 0.2) is 24.3 Å². The van der Waals surface area contributed by atoms with Crippen molar-refractivity contribution < 1.29 is 4.79 Å². The maximum atomic E-state index is 11.1. The minimum Gasteiger partial charge on any atom is -0.378 e. The van der Waals surface area contributed by atoms with E-state index in [0.29, 0.717) is 6.54 Å². The van der Waals surface area contributed by atoms with E-state index in [2.05, 4.69) is 5.32 Å². The van der Waals surface area contributed by atoms with Crippen molar-refractivity contribution in [3.05, 3.63) is 29.8 Å². The number of halogens is 2. The van der Waals surface area contributed by atoms with Crippen LogP contribution in [0.5, 0.6) is 0 Å². The summed E-state index contributed by atoms with van der Waals surface area (Å²) in [7, 11) is 3.95. The number of nitrogens with one attached hydrogen (secondary N) is 1. The Morgan fingerprint density at radius 1 is 1.31 bits per heavy atom. The molecule has 1 aromatic rings. The minimum absolute atomic E-state index is 0.375. The van der Waals surface area contributed by atoms with E-state index in [1.807, 2.05) is 43.3 Å². The topological polar surface area (TPSA) is 32.3 Å². The lowest BCUT2D eigenvalue weighted by molar-refractivity contribution is -0.119. The summed E-state index contributed by atoms with van der Waals surface area (Å²) in [6.45, 7) is 0.433. The van der Waals surface area contributed by atoms with Crippen molar-refractivity contribution in [3.63, 3.8) is 0 Å². The van der Waals surface area contributed by atoms with Crippen LogP contribution in [-0.2, 0) is 11.3 Å². The Bertz CT molecular complexity index is 350. The number of carbonyl (C=O) groups is 1. The number of alkyl halides is 2. The smallest absolute Gasteiger partial charge is 0.253 e. The molecule has 0 saturated carbocycles. The van der Waals surface area contributed by atoms with Crippen LogP contribution in [0.25, 0.3) is 0 Å². The van der Waals surface area contributed by atoms with Crippen LogP contribution >= 0.6 is 23.2 Å². The number of hydrogen-bond donors (Lipinski definition) is 1. The molecule has 0 heterocycles. The van der Waals surface area contributed by atoms with Gasteiger partial charge in [-0.1, -0.05) is 35.3 Å². The van der Waals surface area contributed by atoms with Crippen LogP contribution in [0.2, 0.25) is 0 Å². The molecule has 0 aliphatic heterocycles. The van der Waals surface area contributed by atoms with Gasteiger partial charge in [0.2, 0.25) is 0 Å². The highest BCUT2D eigenvalue weighted by atomic mass is 35.5. The highest BCUT2D eigenvalue weighted by Gasteiger charge is 2.09. The first-order valence-corrected chi connectivity index (χ1v) is 5.70. The molecule has 16 heavy (non-hydrogen) atoms. The summed E-state index contributed by atoms with van der Waals surface area (Å²) in [5.74, 6) is -0.375. The van der Waals surface area contributed by atoms with Crippen LogP contribution in [0.1, 0.15) is 5.56 Å². The monoisotopic (exact) mass is 260 g/mol. The largest absolute Gasteiger partial charge is 0.378 e. The van der Waals surface area contributed by atoms with Gasteiger partial charge >= 0.3 is 0 Å². The number of hydrogen-bond acceptors (Lipinski definition) is 2. The summed E-state index contributed by atoms with van der Waals surface area (Å²) in [5, 5.41) is 2.63. The summed E-state index contributed by atoms with van der Waals surface area (Å²) in [6.07, 6.45) is 0. The summed E-state index contributed by atoms with van der Waals surface area (Å²) >= 11 is 10.8. The number of benzene rings is 1. The number of rotatable bonds is 4. The molecule has 0 saturated heterocycles. The Labute approximate surface area is 105 Å². The lowest BCUT2D eigenvalue weighted by Crippen LogP contribution is -2.27. The molecule has 5 heteroatoms. The summed E-state index contributed by atoms with van der Waals surface area (Å²) < 4.78 is 0. The van der Waals surface area contributed by atoms with Crippen molar-refractivity contribution in [2.75, 3.05) is 19.0 Å². The molecular weight excluding hydrogens is 247 g/mol. The maximum absolute atomic E-state index is 11.1. The Morgan fingerprint density at radius 3 is 2.31 bits per heavy atom. The van der Waals surface area contributed by atoms with Gasteiger partial charge in [0.05, 0.1) is 0 Å². The van der Waals surface area contributed by atoms with Gasteiger partial charge < -0.3 is 10.2 Å². The second-order valence-corrected chi connectivity index (χ2v) is 4.68. The van der Waals surface area contributed by atoms with Gasteiger partial charge in [0.25, 0.3) is 5.91 Å². The van der Waals surface area contributed by atoms with E-state index < -0.39 is 4.84 Å². The van der Waals surface area contributed by atoms with Gasteiger partial charge in [-0.05, 0) is 17.7 Å². The maximum Gasteiger partial charge on any atom is 0.253 e. The molecule has 0 unspecified atom stereocenters. The highest BCUT2D eigenvalue weighted by molar-refractivity contribution is 6.53. The molecule has 88 valence electrons. The molecule has 0 aliphatic rings. The zero-order valence-corrected chi connectivity index (χ0v) is 10.7. The molecule has 1 N–H and O–H groups in total. The molecule has 0 radical (unpaired) electrons. The molecule has 1 rings (SSSR count). The first kappa shape index (κ1) is 13.1. The van der Waals surface area contributed by atoms with E-state index in [4.69, 9.17) is 23.2 Å². The molecule has 3 nitrogen and oxygen atoms in total. The van der Waals surface area contributed by atoms with Gasteiger partial charge in [0.1, 0.15) is 0 Å². The zero-order chi connectivity index (χ0) is 12.1. The lowest BCUT2D eigenvalue weighted by Gasteiger charge is -2.13. The van der Waals surface area contributed by atoms with Crippen molar-refractivity contribution in [2.45, 2.75) is 11.4 Å². The average Bonchev–Trinajstić information content (AvgIpc) is 2.26. The van der Waals surface area contributed by atoms with Crippen LogP contribution < -0.4 is 10.2 Å². The second kappa shape index (κ2) is 5.97. The van der Waals surface area contributed by atoms with Crippen LogP contribution in [0.4, 0.5) is 5.69 Å². The average molecular weight is 261 g/mol. The van der Waals surface area contributed by atoms with Crippen molar-refractivity contribution in [1.82, 2.24) is 5.32 Å². The lowest BCUT2D eigenvalue weighted by atomic mass is 10.2. The van der Waals surface area contributed by atoms with Gasteiger partial charge in [-0.2, -0.15) is 0 Å². The van der Waals surface area contributed by atoms with Crippen molar-refractivity contribution >= 4 is 34.8 Å². The summed E-state index contributed by atoms with van der Waals surface area (Å²) in [6, 6.07) is 7.88. The Morgan fingerprint density at radius 2 is 1.88 bits per heavy atom. The van der Waals surface area contributed by atoms with E-state index in [1.54, 1.807) is 0 Å². The first-order chi connectivity index (χ1) is 7.50. The third-order valence-corrected chi connectivity index (χ3v) is 2.51. The first-order valence-electron chi connectivity index (χ1n) is 4.83. The van der Waals surface area contributed by atoms with Gasteiger partial charge in [0.15, 0.2) is 4.84 Å². The third-order valence-electron chi connectivity index (χ3n) is 2.12. The van der Waals surface area contributed by atoms with E-state index in [1.165, 1.54) is 0 Å². The van der Waals surface area contributed by atoms with Crippen LogP contribution in [-0.4, -0.2) is 24.8 Å². The summed E-state index contributed by atoms with van der Waals surface area (Å²) in [5.41, 5.74) is 2.12. The van der Waals surface area contributed by atoms with Gasteiger partial charge in [0, 0.05) is 26.3 Å². The van der Waals surface area contributed by atoms with Crippen molar-refractivity contribution in [3.8, 4) is 0 Å². The fraction of sp³-hybridized carbons (Fsp3) is 0.364. The molecule has 0 atom stereocenters. The standard InChI is InChI=1S/C11H14Cl2N2O/c1-15(2)9-5-3-8(4-6-9)7-14-11(16)10(12)13/h3-6,10H,7H2,1-2H3,(H,14,16). The molecule has 0 spiro atoms. The van der Waals surface area contributed by atoms with Crippen LogP contribution in [0, 0.1) is 0 Å². The van der Waals surface area contributed by atoms with E-state index >= 15 is 0 Å². The van der Waals surface area contributed by atoms with Gasteiger partial charge in [-0.25, -0.2) is 0 Å². The Kier molecular flexibility index (Phi) is 4.90. The molecule has 0 bridgehead atoms. The Balaban J connectivity index is 2.53. The van der Waals surface area contributed by atoms with E-state index in [0.717, 1.165) is 11.3 Å². The Hall–Kier alpha value is -0.930. The highest BCUT2D eigenvalue weighted by Crippen LogP contribution is 2.12. The van der Waals surface area contributed by atoms with Crippen molar-refractivity contribution in [2.24, 2.45) is 0 Å². The fourth-order valence-corrected chi connectivity index (χ4v) is 1.33. The third kappa shape index (κ3) is 3.91. The van der Waals surface area contributed by atoms with Gasteiger partial charge in [-0.3, -0.25) is 4.79 Å². The number of nitrogens with zero attached hydrogens (tertiary/aromatic N) is 1. The minimum atomic E-state index is -1.01. The molecule has 0 fully saturated rings. The van der Waals surface area contributed by atoms with Crippen LogP contribution in [0.3, 0.4) is 0 Å². The number of carbonyl (C=O) groups excluding carboxylic acids is 1. The predicted molar refractivity (Wildman–Crippen MR) is 68.1 cm³/mol. The summed E-state index contributed by atoms with van der Waals surface area (Å²) in [4.78, 5) is 12.1. The predicted octanol–water partition coefficient (Wildman–Crippen LogP) is 2.17. The van der Waals surface area contributed by atoms with E-state index in [-0.39, 0.29) is 5.91 Å². The van der Waals surface area contributed by atoms with E-state index in [9.17, 15) is 4.79 Å². The molecule has 0 aliphatic carbocycles. The quantitative estimate of drug-likeness (QED) is 0.842. The molecular formula is C11H14Cl2N2O. The normalized spacial score (nSPS) is 10.3. The molecule has 1 amide bonds. The molecule has 1 aromatic carbocycles. The zero-order valence-electron chi connectivity index (χ0n) is 9.21. The fourth-order valence-electron chi connectivity index (χ4n) is 1.18. The number of anilines is 1.